The van der Waals surface area contributed by atoms with Crippen molar-refractivity contribution in [3.8, 4) is 0 Å². The monoisotopic (exact) mass is 291 g/mol. The Hall–Kier alpha value is -2.64. The molecule has 0 aliphatic carbocycles. The predicted molar refractivity (Wildman–Crippen MR) is 73.6 cm³/mol. The van der Waals surface area contributed by atoms with Gasteiger partial charge in [-0.25, -0.2) is 4.79 Å². The fourth-order valence-corrected chi connectivity index (χ4v) is 1.86. The molecular formula is C13H17N5O3. The number of hydrogen-bond acceptors (Lipinski definition) is 4. The average Bonchev–Trinajstić information content (AvgIpc) is 3.01. The highest BCUT2D eigenvalue weighted by Crippen LogP contribution is 2.09. The summed E-state index contributed by atoms with van der Waals surface area (Å²) in [6.07, 6.45) is 4.29. The van der Waals surface area contributed by atoms with Crippen LogP contribution in [0.1, 0.15) is 21.6 Å². The molecule has 0 aliphatic rings. The van der Waals surface area contributed by atoms with Gasteiger partial charge in [-0.1, -0.05) is 0 Å². The van der Waals surface area contributed by atoms with Crippen LogP contribution < -0.4 is 0 Å². The fourth-order valence-electron chi connectivity index (χ4n) is 1.86. The van der Waals surface area contributed by atoms with Crippen LogP contribution in [-0.2, 0) is 24.9 Å². The molecule has 0 spiro atoms. The van der Waals surface area contributed by atoms with Crippen LogP contribution in [0.15, 0.2) is 18.6 Å². The van der Waals surface area contributed by atoms with Crippen molar-refractivity contribution < 1.29 is 14.7 Å². The van der Waals surface area contributed by atoms with Crippen molar-refractivity contribution in [2.75, 3.05) is 7.05 Å². The predicted octanol–water partition coefficient (Wildman–Crippen LogP) is 0.282. The van der Waals surface area contributed by atoms with Gasteiger partial charge in [0.1, 0.15) is 6.54 Å². The van der Waals surface area contributed by atoms with Gasteiger partial charge in [-0.2, -0.15) is 10.2 Å². The zero-order chi connectivity index (χ0) is 15.6. The Labute approximate surface area is 121 Å². The molecule has 2 aromatic rings. The van der Waals surface area contributed by atoms with Gasteiger partial charge in [0.2, 0.25) is 5.91 Å². The van der Waals surface area contributed by atoms with E-state index in [0.717, 1.165) is 11.3 Å². The lowest BCUT2D eigenvalue weighted by Gasteiger charge is -2.16. The summed E-state index contributed by atoms with van der Waals surface area (Å²) in [6.45, 7) is 2.39. The van der Waals surface area contributed by atoms with E-state index in [-0.39, 0.29) is 18.0 Å². The smallest absolute Gasteiger partial charge is 0.338 e. The van der Waals surface area contributed by atoms with Crippen LogP contribution >= 0.6 is 0 Å². The molecule has 0 saturated carbocycles. The quantitative estimate of drug-likeness (QED) is 0.854. The summed E-state index contributed by atoms with van der Waals surface area (Å²) in [5.41, 5.74) is 2.04. The molecule has 0 unspecified atom stereocenters. The molecule has 0 aromatic carbocycles. The summed E-state index contributed by atoms with van der Waals surface area (Å²) in [4.78, 5) is 24.4. The standard InChI is InChI=1S/C13H17N5O3/c1-9-10(4-14-17(9)3)6-16(2)12(19)8-18-7-11(5-15-18)13(20)21/h4-5,7H,6,8H2,1-3H3,(H,20,21). The third-order valence-corrected chi connectivity index (χ3v) is 3.35. The Morgan fingerprint density at radius 1 is 1.33 bits per heavy atom. The number of aromatic carboxylic acids is 1. The molecule has 0 saturated heterocycles. The minimum Gasteiger partial charge on any atom is -0.478 e. The van der Waals surface area contributed by atoms with Gasteiger partial charge in [0.25, 0.3) is 0 Å². The largest absolute Gasteiger partial charge is 0.478 e. The Morgan fingerprint density at radius 3 is 2.57 bits per heavy atom. The van der Waals surface area contributed by atoms with Crippen molar-refractivity contribution >= 4 is 11.9 Å². The number of amides is 1. The average molecular weight is 291 g/mol. The summed E-state index contributed by atoms with van der Waals surface area (Å²) in [6, 6.07) is 0. The molecule has 2 rings (SSSR count). The van der Waals surface area contributed by atoms with Gasteiger partial charge in [0.05, 0.1) is 18.0 Å². The first-order chi connectivity index (χ1) is 9.88. The molecule has 0 radical (unpaired) electrons. The minimum absolute atomic E-state index is 0.00307. The van der Waals surface area contributed by atoms with Crippen molar-refractivity contribution in [1.82, 2.24) is 24.5 Å². The number of carbonyl (C=O) groups is 2. The van der Waals surface area contributed by atoms with E-state index in [1.807, 2.05) is 14.0 Å². The highest BCUT2D eigenvalue weighted by atomic mass is 16.4. The first kappa shape index (κ1) is 14.8. The van der Waals surface area contributed by atoms with E-state index in [1.165, 1.54) is 17.1 Å². The third-order valence-electron chi connectivity index (χ3n) is 3.35. The van der Waals surface area contributed by atoms with Crippen LogP contribution in [0, 0.1) is 6.92 Å². The second-order valence-electron chi connectivity index (χ2n) is 4.86. The summed E-state index contributed by atoms with van der Waals surface area (Å²) >= 11 is 0. The highest BCUT2D eigenvalue weighted by molar-refractivity contribution is 5.87. The van der Waals surface area contributed by atoms with Crippen molar-refractivity contribution in [3.05, 3.63) is 35.4 Å². The van der Waals surface area contributed by atoms with Gasteiger partial charge in [0, 0.05) is 38.1 Å². The van der Waals surface area contributed by atoms with Crippen LogP contribution in [0.25, 0.3) is 0 Å². The summed E-state index contributed by atoms with van der Waals surface area (Å²) < 4.78 is 3.07. The zero-order valence-corrected chi connectivity index (χ0v) is 12.1. The molecular weight excluding hydrogens is 274 g/mol. The number of nitrogens with zero attached hydrogens (tertiary/aromatic N) is 5. The fraction of sp³-hybridized carbons (Fsp3) is 0.385. The van der Waals surface area contributed by atoms with Crippen LogP contribution in [-0.4, -0.2) is 48.5 Å². The number of likely N-dealkylation sites (N-methyl/N-ethyl adjacent to an activating group) is 1. The number of carboxylic acids is 1. The molecule has 21 heavy (non-hydrogen) atoms. The number of aryl methyl sites for hydroxylation is 1. The second kappa shape index (κ2) is 5.78. The van der Waals surface area contributed by atoms with E-state index < -0.39 is 5.97 Å². The number of hydrogen-bond donors (Lipinski definition) is 1. The Kier molecular flexibility index (Phi) is 4.06. The topological polar surface area (TPSA) is 93.2 Å². The molecule has 8 nitrogen and oxygen atoms in total. The Bertz CT molecular complexity index is 673. The third kappa shape index (κ3) is 3.28. The normalized spacial score (nSPS) is 10.6. The van der Waals surface area contributed by atoms with Crippen molar-refractivity contribution in [2.24, 2.45) is 7.05 Å². The molecule has 8 heteroatoms. The summed E-state index contributed by atoms with van der Waals surface area (Å²) in [5.74, 6) is -1.22. The maximum absolute atomic E-state index is 12.1. The lowest BCUT2D eigenvalue weighted by molar-refractivity contribution is -0.131. The van der Waals surface area contributed by atoms with Crippen LogP contribution in [0.4, 0.5) is 0 Å². The molecule has 1 amide bonds. The van der Waals surface area contributed by atoms with Crippen LogP contribution in [0.2, 0.25) is 0 Å². The SMILES string of the molecule is Cc1c(CN(C)C(=O)Cn2cc(C(=O)O)cn2)cnn1C. The maximum Gasteiger partial charge on any atom is 0.338 e. The lowest BCUT2D eigenvalue weighted by atomic mass is 10.2. The van der Waals surface area contributed by atoms with E-state index in [4.69, 9.17) is 5.11 Å². The Balaban J connectivity index is 1.99. The number of rotatable bonds is 5. The van der Waals surface area contributed by atoms with Crippen molar-refractivity contribution in [2.45, 2.75) is 20.0 Å². The van der Waals surface area contributed by atoms with Gasteiger partial charge in [0.15, 0.2) is 0 Å². The lowest BCUT2D eigenvalue weighted by Crippen LogP contribution is -2.30. The molecule has 0 bridgehead atoms. The number of carbonyl (C=O) groups excluding carboxylic acids is 1. The van der Waals surface area contributed by atoms with Crippen LogP contribution in [0.5, 0.6) is 0 Å². The van der Waals surface area contributed by atoms with E-state index in [0.29, 0.717) is 6.54 Å². The molecule has 2 aromatic heterocycles. The van der Waals surface area contributed by atoms with E-state index >= 15 is 0 Å². The second-order valence-corrected chi connectivity index (χ2v) is 4.86. The van der Waals surface area contributed by atoms with E-state index in [9.17, 15) is 9.59 Å². The van der Waals surface area contributed by atoms with Gasteiger partial charge in [-0.15, -0.1) is 0 Å². The Morgan fingerprint density at radius 2 is 2.05 bits per heavy atom. The summed E-state index contributed by atoms with van der Waals surface area (Å²) in [5, 5.41) is 16.8. The molecule has 2 heterocycles. The van der Waals surface area contributed by atoms with Gasteiger partial charge >= 0.3 is 5.97 Å². The molecule has 0 fully saturated rings. The van der Waals surface area contributed by atoms with Crippen LogP contribution in [0.3, 0.4) is 0 Å². The first-order valence-electron chi connectivity index (χ1n) is 6.35. The zero-order valence-electron chi connectivity index (χ0n) is 12.1. The molecule has 0 aliphatic heterocycles. The van der Waals surface area contributed by atoms with Crippen molar-refractivity contribution in [1.29, 1.82) is 0 Å². The van der Waals surface area contributed by atoms with E-state index in [2.05, 4.69) is 10.2 Å². The number of carboxylic acid groups (broad SMARTS) is 1. The van der Waals surface area contributed by atoms with Crippen molar-refractivity contribution in [3.63, 3.8) is 0 Å². The first-order valence-corrected chi connectivity index (χ1v) is 6.35. The minimum atomic E-state index is -1.06. The van der Waals surface area contributed by atoms with E-state index in [1.54, 1.807) is 22.8 Å². The summed E-state index contributed by atoms with van der Waals surface area (Å²) in [7, 11) is 3.54. The molecule has 1 N–H and O–H groups in total. The molecule has 0 atom stereocenters. The number of aromatic nitrogens is 4. The van der Waals surface area contributed by atoms with Gasteiger partial charge in [-0.3, -0.25) is 14.2 Å². The van der Waals surface area contributed by atoms with Gasteiger partial charge < -0.3 is 10.0 Å². The molecule has 112 valence electrons. The highest BCUT2D eigenvalue weighted by Gasteiger charge is 2.14. The van der Waals surface area contributed by atoms with Gasteiger partial charge in [-0.05, 0) is 6.92 Å². The maximum atomic E-state index is 12.1.